The summed E-state index contributed by atoms with van der Waals surface area (Å²) < 4.78 is 2.19. The Hall–Kier alpha value is -1.32. The smallest absolute Gasteiger partial charge is 0.0610 e. The first kappa shape index (κ1) is 16.5. The highest BCUT2D eigenvalue weighted by molar-refractivity contribution is 5.83. The molecule has 23 heavy (non-hydrogen) atoms. The normalized spacial score (nSPS) is 16.5. The van der Waals surface area contributed by atoms with E-state index < -0.39 is 0 Å². The highest BCUT2D eigenvalue weighted by Crippen LogP contribution is 2.24. The van der Waals surface area contributed by atoms with Crippen LogP contribution in [0.4, 0.5) is 0 Å². The van der Waals surface area contributed by atoms with Crippen LogP contribution in [0.25, 0.3) is 10.9 Å². The molecule has 1 N–H and O–H groups in total. The van der Waals surface area contributed by atoms with Crippen LogP contribution in [0.15, 0.2) is 30.5 Å². The fourth-order valence-electron chi connectivity index (χ4n) is 3.87. The molecule has 1 aromatic carbocycles. The Morgan fingerprint density at radius 3 is 2.78 bits per heavy atom. The number of aryl methyl sites for hydroxylation is 1. The topological polar surface area (TPSA) is 28.4 Å². The Labute approximate surface area is 139 Å². The largest absolute Gasteiger partial charge is 0.395 e. The molecule has 3 nitrogen and oxygen atoms in total. The van der Waals surface area contributed by atoms with Crippen molar-refractivity contribution in [1.29, 1.82) is 0 Å². The number of aromatic nitrogens is 1. The minimum atomic E-state index is 0.194. The van der Waals surface area contributed by atoms with E-state index >= 15 is 0 Å². The molecule has 0 aliphatic heterocycles. The van der Waals surface area contributed by atoms with Gasteiger partial charge in [0.15, 0.2) is 0 Å². The maximum Gasteiger partial charge on any atom is 0.0610 e. The zero-order valence-electron chi connectivity index (χ0n) is 14.2. The SMILES string of the molecule is CN(CCCc1cn(CCO)c2ccccc12)C1CC[CH]CC1. The molecule has 1 heterocycles. The predicted molar refractivity (Wildman–Crippen MR) is 96.5 cm³/mol. The lowest BCUT2D eigenvalue weighted by Gasteiger charge is -2.31. The average Bonchev–Trinajstić information content (AvgIpc) is 2.94. The Morgan fingerprint density at radius 2 is 2.00 bits per heavy atom. The lowest BCUT2D eigenvalue weighted by atomic mass is 9.94. The lowest BCUT2D eigenvalue weighted by molar-refractivity contribution is 0.203. The minimum Gasteiger partial charge on any atom is -0.395 e. The van der Waals surface area contributed by atoms with Crippen molar-refractivity contribution in [2.75, 3.05) is 20.2 Å². The van der Waals surface area contributed by atoms with Gasteiger partial charge in [-0.1, -0.05) is 18.2 Å². The molecular formula is C20H29N2O. The molecule has 3 heteroatoms. The van der Waals surface area contributed by atoms with Gasteiger partial charge in [-0.15, -0.1) is 0 Å². The number of fused-ring (bicyclic) bond motifs is 1. The van der Waals surface area contributed by atoms with Crippen molar-refractivity contribution in [3.63, 3.8) is 0 Å². The first-order valence-corrected chi connectivity index (χ1v) is 8.99. The van der Waals surface area contributed by atoms with Gasteiger partial charge < -0.3 is 14.6 Å². The van der Waals surface area contributed by atoms with Crippen LogP contribution in [0.2, 0.25) is 0 Å². The van der Waals surface area contributed by atoms with Gasteiger partial charge in [-0.2, -0.15) is 0 Å². The first-order valence-electron chi connectivity index (χ1n) is 8.99. The van der Waals surface area contributed by atoms with E-state index in [-0.39, 0.29) is 6.61 Å². The summed E-state index contributed by atoms with van der Waals surface area (Å²) in [6, 6.07) is 9.32. The zero-order valence-corrected chi connectivity index (χ0v) is 14.2. The van der Waals surface area contributed by atoms with Gasteiger partial charge in [-0.3, -0.25) is 0 Å². The first-order chi connectivity index (χ1) is 11.3. The van der Waals surface area contributed by atoms with E-state index in [0.29, 0.717) is 6.54 Å². The van der Waals surface area contributed by atoms with Crippen molar-refractivity contribution < 1.29 is 5.11 Å². The third kappa shape index (κ3) is 3.96. The Morgan fingerprint density at radius 1 is 1.22 bits per heavy atom. The fraction of sp³-hybridized carbons (Fsp3) is 0.550. The quantitative estimate of drug-likeness (QED) is 0.845. The molecule has 2 aromatic rings. The maximum atomic E-state index is 9.25. The second-order valence-electron chi connectivity index (χ2n) is 6.77. The van der Waals surface area contributed by atoms with Gasteiger partial charge in [0, 0.05) is 29.7 Å². The van der Waals surface area contributed by atoms with Gasteiger partial charge in [-0.05, 0) is 70.2 Å². The Kier molecular flexibility index (Phi) is 5.74. The molecule has 1 aliphatic rings. The van der Waals surface area contributed by atoms with Crippen molar-refractivity contribution in [3.8, 4) is 0 Å². The van der Waals surface area contributed by atoms with Crippen molar-refractivity contribution in [2.24, 2.45) is 0 Å². The molecule has 1 aliphatic carbocycles. The molecule has 0 bridgehead atoms. The van der Waals surface area contributed by atoms with Gasteiger partial charge in [-0.25, -0.2) is 0 Å². The van der Waals surface area contributed by atoms with E-state index in [1.165, 1.54) is 55.1 Å². The van der Waals surface area contributed by atoms with Crippen molar-refractivity contribution in [3.05, 3.63) is 42.4 Å². The Balaban J connectivity index is 1.60. The third-order valence-electron chi connectivity index (χ3n) is 5.20. The van der Waals surface area contributed by atoms with Gasteiger partial charge in [0.2, 0.25) is 0 Å². The average molecular weight is 313 g/mol. The second-order valence-corrected chi connectivity index (χ2v) is 6.77. The molecule has 1 radical (unpaired) electrons. The zero-order chi connectivity index (χ0) is 16.1. The number of hydrogen-bond acceptors (Lipinski definition) is 2. The highest BCUT2D eigenvalue weighted by Gasteiger charge is 2.17. The molecule has 0 atom stereocenters. The summed E-state index contributed by atoms with van der Waals surface area (Å²) in [7, 11) is 2.28. The van der Waals surface area contributed by atoms with Crippen molar-refractivity contribution in [2.45, 2.75) is 51.1 Å². The van der Waals surface area contributed by atoms with Gasteiger partial charge in [0.25, 0.3) is 0 Å². The van der Waals surface area contributed by atoms with Gasteiger partial charge in [0.1, 0.15) is 0 Å². The van der Waals surface area contributed by atoms with E-state index in [4.69, 9.17) is 0 Å². The molecule has 1 saturated carbocycles. The number of nitrogens with zero attached hydrogens (tertiary/aromatic N) is 2. The summed E-state index contributed by atoms with van der Waals surface area (Å²) in [5.74, 6) is 0. The monoisotopic (exact) mass is 313 g/mol. The summed E-state index contributed by atoms with van der Waals surface area (Å²) in [4.78, 5) is 2.56. The molecular weight excluding hydrogens is 284 g/mol. The molecule has 3 rings (SSSR count). The van der Waals surface area contributed by atoms with Gasteiger partial charge >= 0.3 is 0 Å². The number of hydrogen-bond donors (Lipinski definition) is 1. The molecule has 0 saturated heterocycles. The number of rotatable bonds is 7. The third-order valence-corrected chi connectivity index (χ3v) is 5.20. The van der Waals surface area contributed by atoms with Crippen LogP contribution in [-0.2, 0) is 13.0 Å². The van der Waals surface area contributed by atoms with Crippen LogP contribution < -0.4 is 0 Å². The summed E-state index contributed by atoms with van der Waals surface area (Å²) in [6.07, 6.45) is 12.2. The molecule has 0 unspecified atom stereocenters. The van der Waals surface area contributed by atoms with Crippen LogP contribution >= 0.6 is 0 Å². The van der Waals surface area contributed by atoms with Crippen LogP contribution in [-0.4, -0.2) is 40.8 Å². The van der Waals surface area contributed by atoms with E-state index in [0.717, 1.165) is 12.5 Å². The molecule has 1 fully saturated rings. The van der Waals surface area contributed by atoms with Crippen LogP contribution in [0.5, 0.6) is 0 Å². The Bertz CT molecular complexity index is 613. The number of benzene rings is 1. The van der Waals surface area contributed by atoms with Crippen LogP contribution in [0.3, 0.4) is 0 Å². The molecule has 1 aromatic heterocycles. The summed E-state index contributed by atoms with van der Waals surface area (Å²) in [5.41, 5.74) is 2.66. The maximum absolute atomic E-state index is 9.25. The van der Waals surface area contributed by atoms with Crippen molar-refractivity contribution >= 4 is 10.9 Å². The van der Waals surface area contributed by atoms with E-state index in [2.05, 4.69) is 53.4 Å². The molecule has 125 valence electrons. The molecule has 0 amide bonds. The summed E-state index contributed by atoms with van der Waals surface area (Å²) in [6.45, 7) is 2.04. The minimum absolute atomic E-state index is 0.194. The summed E-state index contributed by atoms with van der Waals surface area (Å²) >= 11 is 0. The lowest BCUT2D eigenvalue weighted by Crippen LogP contribution is -2.34. The summed E-state index contributed by atoms with van der Waals surface area (Å²) in [5, 5.41) is 10.6. The number of para-hydroxylation sites is 1. The standard InChI is InChI=1S/C20H29N2O/c1-21(18-9-3-2-4-10-18)13-7-8-17-16-22(14-15-23)20-12-6-5-11-19(17)20/h2,5-6,11-12,16,18,23H,3-4,7-10,13-15H2,1H3. The van der Waals surface area contributed by atoms with E-state index in [9.17, 15) is 5.11 Å². The van der Waals surface area contributed by atoms with Crippen LogP contribution in [0.1, 0.15) is 37.7 Å². The van der Waals surface area contributed by atoms with Crippen molar-refractivity contribution in [1.82, 2.24) is 9.47 Å². The molecule has 0 spiro atoms. The van der Waals surface area contributed by atoms with Gasteiger partial charge in [0.05, 0.1) is 6.61 Å². The van der Waals surface area contributed by atoms with E-state index in [1.807, 2.05) is 0 Å². The highest BCUT2D eigenvalue weighted by atomic mass is 16.3. The van der Waals surface area contributed by atoms with Crippen LogP contribution in [0, 0.1) is 6.42 Å². The predicted octanol–water partition coefficient (Wildman–Crippen LogP) is 3.64. The number of aliphatic hydroxyl groups is 1. The van der Waals surface area contributed by atoms with E-state index in [1.54, 1.807) is 0 Å². The number of aliphatic hydroxyl groups excluding tert-OH is 1. The fourth-order valence-corrected chi connectivity index (χ4v) is 3.87. The second kappa shape index (κ2) is 7.98.